The summed E-state index contributed by atoms with van der Waals surface area (Å²) < 4.78 is 9.66. The van der Waals surface area contributed by atoms with Crippen LogP contribution in [0.15, 0.2) is 29.4 Å². The second-order valence-electron chi connectivity index (χ2n) is 7.88. The number of aryl methyl sites for hydroxylation is 3. The predicted octanol–water partition coefficient (Wildman–Crippen LogP) is 3.85. The van der Waals surface area contributed by atoms with Crippen molar-refractivity contribution >= 4 is 17.5 Å². The van der Waals surface area contributed by atoms with Crippen molar-refractivity contribution in [2.75, 3.05) is 12.4 Å². The van der Waals surface area contributed by atoms with Crippen molar-refractivity contribution in [2.45, 2.75) is 58.3 Å². The number of benzene rings is 1. The Hall–Kier alpha value is -2.45. The minimum absolute atomic E-state index is 0.0846. The third-order valence-corrected chi connectivity index (χ3v) is 6.71. The Labute approximate surface area is 180 Å². The molecule has 1 atom stereocenters. The van der Waals surface area contributed by atoms with Gasteiger partial charge >= 0.3 is 0 Å². The Morgan fingerprint density at radius 1 is 1.20 bits per heavy atom. The summed E-state index contributed by atoms with van der Waals surface area (Å²) in [4.78, 5) is 13.0. The fourth-order valence-electron chi connectivity index (χ4n) is 3.85. The van der Waals surface area contributed by atoms with E-state index < -0.39 is 0 Å². The summed E-state index contributed by atoms with van der Waals surface area (Å²) in [6.07, 6.45) is 2.44. The molecule has 0 N–H and O–H groups in total. The topological polar surface area (TPSA) is 74.8 Å². The van der Waals surface area contributed by atoms with Crippen LogP contribution in [0.2, 0.25) is 0 Å². The van der Waals surface area contributed by atoms with Gasteiger partial charge in [-0.15, -0.1) is 5.10 Å². The van der Waals surface area contributed by atoms with Crippen molar-refractivity contribution in [3.05, 3.63) is 52.3 Å². The summed E-state index contributed by atoms with van der Waals surface area (Å²) in [5.74, 6) is 0.372. The molecule has 0 amide bonds. The van der Waals surface area contributed by atoms with Gasteiger partial charge in [-0.25, -0.2) is 0 Å². The standard InChI is InChI=1S/C22H27N5O2S/c1-14-7-8-18(10-15(14)2)27-22(23-24-25-27)30-13-21(28)20-11-16(3)26(17(20)4)12-19-6-5-9-29-19/h7-8,10-11,19H,5-6,9,12-13H2,1-4H3/t19-/m0/s1. The number of tetrazole rings is 1. The zero-order valence-electron chi connectivity index (χ0n) is 17.9. The molecule has 8 heteroatoms. The first kappa shape index (κ1) is 20.8. The Kier molecular flexibility index (Phi) is 6.06. The molecule has 1 aliphatic rings. The van der Waals surface area contributed by atoms with Crippen LogP contribution in [-0.4, -0.2) is 49.0 Å². The number of aromatic nitrogens is 5. The molecule has 4 rings (SSSR count). The van der Waals surface area contributed by atoms with Crippen molar-refractivity contribution in [1.82, 2.24) is 24.8 Å². The molecule has 1 saturated heterocycles. The van der Waals surface area contributed by atoms with E-state index in [-0.39, 0.29) is 17.6 Å². The number of carbonyl (C=O) groups excluding carboxylic acids is 1. The van der Waals surface area contributed by atoms with E-state index in [1.807, 2.05) is 26.0 Å². The lowest BCUT2D eigenvalue weighted by molar-refractivity contribution is 0.0957. The van der Waals surface area contributed by atoms with Gasteiger partial charge in [-0.2, -0.15) is 4.68 Å². The van der Waals surface area contributed by atoms with Crippen molar-refractivity contribution in [1.29, 1.82) is 0 Å². The van der Waals surface area contributed by atoms with E-state index in [9.17, 15) is 4.79 Å². The van der Waals surface area contributed by atoms with Crippen molar-refractivity contribution in [3.8, 4) is 5.69 Å². The molecule has 2 aromatic heterocycles. The minimum Gasteiger partial charge on any atom is -0.376 e. The average molecular weight is 426 g/mol. The van der Waals surface area contributed by atoms with Crippen LogP contribution in [-0.2, 0) is 11.3 Å². The van der Waals surface area contributed by atoms with Crippen LogP contribution in [0.1, 0.15) is 45.7 Å². The molecule has 0 saturated carbocycles. The smallest absolute Gasteiger partial charge is 0.214 e. The monoisotopic (exact) mass is 425 g/mol. The van der Waals surface area contributed by atoms with E-state index in [2.05, 4.69) is 46.1 Å². The maximum atomic E-state index is 13.0. The first-order chi connectivity index (χ1) is 14.4. The second kappa shape index (κ2) is 8.73. The van der Waals surface area contributed by atoms with Crippen LogP contribution < -0.4 is 0 Å². The van der Waals surface area contributed by atoms with Gasteiger partial charge in [-0.1, -0.05) is 17.8 Å². The fourth-order valence-corrected chi connectivity index (χ4v) is 4.63. The highest BCUT2D eigenvalue weighted by Gasteiger charge is 2.22. The molecule has 1 aliphatic heterocycles. The number of Topliss-reactive ketones (excluding diaryl/α,β-unsaturated/α-hetero) is 1. The third-order valence-electron chi connectivity index (χ3n) is 5.79. The molecule has 0 aliphatic carbocycles. The highest BCUT2D eigenvalue weighted by Crippen LogP contribution is 2.24. The Balaban J connectivity index is 1.47. The van der Waals surface area contributed by atoms with Gasteiger partial charge in [0, 0.05) is 30.1 Å². The molecule has 0 unspecified atom stereocenters. The van der Waals surface area contributed by atoms with Crippen molar-refractivity contribution < 1.29 is 9.53 Å². The number of carbonyl (C=O) groups is 1. The molecular formula is C22H27N5O2S. The first-order valence-electron chi connectivity index (χ1n) is 10.2. The summed E-state index contributed by atoms with van der Waals surface area (Å²) in [7, 11) is 0. The largest absolute Gasteiger partial charge is 0.376 e. The quantitative estimate of drug-likeness (QED) is 0.423. The number of ketones is 1. The highest BCUT2D eigenvalue weighted by atomic mass is 32.2. The van der Waals surface area contributed by atoms with Crippen LogP contribution in [0, 0.1) is 27.7 Å². The van der Waals surface area contributed by atoms with E-state index in [1.165, 1.54) is 22.9 Å². The summed E-state index contributed by atoms with van der Waals surface area (Å²) in [5.41, 5.74) is 6.15. The van der Waals surface area contributed by atoms with Gasteiger partial charge in [0.1, 0.15) is 0 Å². The molecule has 0 radical (unpaired) electrons. The normalized spacial score (nSPS) is 16.3. The van der Waals surface area contributed by atoms with Gasteiger partial charge < -0.3 is 9.30 Å². The van der Waals surface area contributed by atoms with E-state index in [4.69, 9.17) is 4.74 Å². The number of hydrogen-bond donors (Lipinski definition) is 0. The maximum Gasteiger partial charge on any atom is 0.214 e. The lowest BCUT2D eigenvalue weighted by atomic mass is 10.1. The number of ether oxygens (including phenoxy) is 1. The van der Waals surface area contributed by atoms with Gasteiger partial charge in [-0.3, -0.25) is 4.79 Å². The SMILES string of the molecule is Cc1ccc(-n2nnnc2SCC(=O)c2cc(C)n(C[C@@H]3CCCO3)c2C)cc1C. The molecule has 3 heterocycles. The van der Waals surface area contributed by atoms with E-state index in [0.29, 0.717) is 5.16 Å². The zero-order chi connectivity index (χ0) is 21.3. The Morgan fingerprint density at radius 3 is 2.77 bits per heavy atom. The molecule has 0 bridgehead atoms. The van der Waals surface area contributed by atoms with Crippen LogP contribution in [0.4, 0.5) is 0 Å². The van der Waals surface area contributed by atoms with Crippen LogP contribution in [0.3, 0.4) is 0 Å². The lowest BCUT2D eigenvalue weighted by Gasteiger charge is -2.14. The van der Waals surface area contributed by atoms with Crippen LogP contribution in [0.5, 0.6) is 0 Å². The van der Waals surface area contributed by atoms with E-state index in [1.54, 1.807) is 4.68 Å². The predicted molar refractivity (Wildman–Crippen MR) is 117 cm³/mol. The fraction of sp³-hybridized carbons (Fsp3) is 0.455. The summed E-state index contributed by atoms with van der Waals surface area (Å²) in [5, 5.41) is 12.6. The average Bonchev–Trinajstić information content (AvgIpc) is 3.46. The van der Waals surface area contributed by atoms with Crippen LogP contribution >= 0.6 is 11.8 Å². The van der Waals surface area contributed by atoms with Crippen molar-refractivity contribution in [2.24, 2.45) is 0 Å². The van der Waals surface area contributed by atoms with E-state index in [0.717, 1.165) is 48.6 Å². The molecule has 30 heavy (non-hydrogen) atoms. The Bertz CT molecular complexity index is 1070. The van der Waals surface area contributed by atoms with Crippen LogP contribution in [0.25, 0.3) is 5.69 Å². The highest BCUT2D eigenvalue weighted by molar-refractivity contribution is 7.99. The van der Waals surface area contributed by atoms with E-state index >= 15 is 0 Å². The summed E-state index contributed by atoms with van der Waals surface area (Å²) in [6, 6.07) is 8.08. The molecule has 3 aromatic rings. The molecule has 158 valence electrons. The molecular weight excluding hydrogens is 398 g/mol. The van der Waals surface area contributed by atoms with Gasteiger partial charge in [0.15, 0.2) is 5.78 Å². The number of thioether (sulfide) groups is 1. The first-order valence-corrected chi connectivity index (χ1v) is 11.2. The van der Waals surface area contributed by atoms with Gasteiger partial charge in [0.2, 0.25) is 5.16 Å². The van der Waals surface area contributed by atoms with Gasteiger partial charge in [0.25, 0.3) is 0 Å². The molecule has 7 nitrogen and oxygen atoms in total. The number of hydrogen-bond acceptors (Lipinski definition) is 6. The summed E-state index contributed by atoms with van der Waals surface area (Å²) >= 11 is 1.36. The number of rotatable bonds is 7. The molecule has 1 aromatic carbocycles. The molecule has 0 spiro atoms. The zero-order valence-corrected chi connectivity index (χ0v) is 18.7. The second-order valence-corrected chi connectivity index (χ2v) is 8.83. The Morgan fingerprint density at radius 2 is 2.03 bits per heavy atom. The van der Waals surface area contributed by atoms with Gasteiger partial charge in [-0.05, 0) is 80.3 Å². The molecule has 1 fully saturated rings. The number of nitrogens with zero attached hydrogens (tertiary/aromatic N) is 5. The summed E-state index contributed by atoms with van der Waals surface area (Å²) in [6.45, 7) is 9.84. The van der Waals surface area contributed by atoms with Gasteiger partial charge in [0.05, 0.1) is 17.5 Å². The third kappa shape index (κ3) is 4.20. The maximum absolute atomic E-state index is 13.0. The lowest BCUT2D eigenvalue weighted by Crippen LogP contribution is -2.17. The van der Waals surface area contributed by atoms with Crippen molar-refractivity contribution in [3.63, 3.8) is 0 Å². The minimum atomic E-state index is 0.0846.